The average molecular weight is 248 g/mol. The summed E-state index contributed by atoms with van der Waals surface area (Å²) >= 11 is 0. The average Bonchev–Trinajstić information content (AvgIpc) is 2.35. The second kappa shape index (κ2) is 7.14. The number of rotatable bonds is 7. The first-order valence-electron chi connectivity index (χ1n) is 6.78. The predicted molar refractivity (Wildman–Crippen MR) is 76.4 cm³/mol. The summed E-state index contributed by atoms with van der Waals surface area (Å²) in [4.78, 5) is 17.5. The van der Waals surface area contributed by atoms with Gasteiger partial charge in [0.2, 0.25) is 0 Å². The van der Waals surface area contributed by atoms with Gasteiger partial charge in [-0.25, -0.2) is 4.98 Å². The number of anilines is 1. The fraction of sp³-hybridized carbons (Fsp3) is 0.600. The van der Waals surface area contributed by atoms with Crippen LogP contribution in [0.5, 0.6) is 0 Å². The molecule has 0 unspecified atom stereocenters. The van der Waals surface area contributed by atoms with Gasteiger partial charge in [-0.15, -0.1) is 0 Å². The van der Waals surface area contributed by atoms with E-state index in [4.69, 9.17) is 0 Å². The highest BCUT2D eigenvalue weighted by Crippen LogP contribution is 2.20. The number of unbranched alkanes of at least 4 members (excludes halogenated alkanes) is 2. The van der Waals surface area contributed by atoms with Gasteiger partial charge in [-0.1, -0.05) is 19.8 Å². The van der Waals surface area contributed by atoms with Gasteiger partial charge in [0, 0.05) is 24.3 Å². The van der Waals surface area contributed by atoms with Crippen molar-refractivity contribution in [3.05, 3.63) is 23.4 Å². The Kier molecular flexibility index (Phi) is 5.83. The third-order valence-electron chi connectivity index (χ3n) is 3.11. The molecule has 0 saturated heterocycles. The molecule has 0 spiro atoms. The van der Waals surface area contributed by atoms with E-state index in [0.717, 1.165) is 24.2 Å². The topological polar surface area (TPSA) is 33.2 Å². The number of hydrogen-bond donors (Lipinski definition) is 0. The first-order chi connectivity index (χ1) is 8.60. The molecule has 0 aromatic carbocycles. The molecule has 3 heteroatoms. The maximum atomic E-state index is 10.7. The van der Waals surface area contributed by atoms with E-state index in [0.29, 0.717) is 11.6 Å². The van der Waals surface area contributed by atoms with Crippen LogP contribution in [0.3, 0.4) is 0 Å². The van der Waals surface area contributed by atoms with E-state index in [9.17, 15) is 4.79 Å². The first kappa shape index (κ1) is 14.7. The number of aromatic nitrogens is 1. The van der Waals surface area contributed by atoms with Gasteiger partial charge in [-0.05, 0) is 38.8 Å². The molecule has 1 rings (SSSR count). The lowest BCUT2D eigenvalue weighted by atomic mass is 10.1. The first-order valence-corrected chi connectivity index (χ1v) is 6.78. The quantitative estimate of drug-likeness (QED) is 0.546. The Balaban J connectivity index is 2.88. The monoisotopic (exact) mass is 248 g/mol. The molecule has 100 valence electrons. The third kappa shape index (κ3) is 3.83. The van der Waals surface area contributed by atoms with E-state index in [1.54, 1.807) is 6.20 Å². The maximum Gasteiger partial charge on any atom is 0.151 e. The molecule has 0 aliphatic rings. The molecule has 1 aromatic heterocycles. The molecular weight excluding hydrogens is 224 g/mol. The number of hydrogen-bond acceptors (Lipinski definition) is 3. The summed E-state index contributed by atoms with van der Waals surface area (Å²) in [5.41, 5.74) is 1.72. The zero-order valence-electron chi connectivity index (χ0n) is 11.9. The lowest BCUT2D eigenvalue weighted by Gasteiger charge is -2.29. The second-order valence-electron chi connectivity index (χ2n) is 5.02. The minimum atomic E-state index is 0.426. The lowest BCUT2D eigenvalue weighted by molar-refractivity contribution is 0.112. The summed E-state index contributed by atoms with van der Waals surface area (Å²) in [5, 5.41) is 0. The van der Waals surface area contributed by atoms with Gasteiger partial charge in [0.1, 0.15) is 5.82 Å². The van der Waals surface area contributed by atoms with Gasteiger partial charge < -0.3 is 4.90 Å². The van der Waals surface area contributed by atoms with Crippen LogP contribution in [0.4, 0.5) is 5.82 Å². The Morgan fingerprint density at radius 3 is 2.61 bits per heavy atom. The Morgan fingerprint density at radius 2 is 2.11 bits per heavy atom. The Morgan fingerprint density at radius 1 is 1.39 bits per heavy atom. The van der Waals surface area contributed by atoms with Gasteiger partial charge in [-0.3, -0.25) is 4.79 Å². The van der Waals surface area contributed by atoms with Crippen molar-refractivity contribution in [3.8, 4) is 0 Å². The van der Waals surface area contributed by atoms with Crippen molar-refractivity contribution >= 4 is 12.1 Å². The van der Waals surface area contributed by atoms with Gasteiger partial charge in [0.05, 0.1) is 0 Å². The van der Waals surface area contributed by atoms with Crippen LogP contribution >= 0.6 is 0 Å². The zero-order valence-corrected chi connectivity index (χ0v) is 11.9. The molecule has 0 bridgehead atoms. The number of carbonyl (C=O) groups excluding carboxylic acids is 1. The number of carbonyl (C=O) groups is 1. The van der Waals surface area contributed by atoms with E-state index < -0.39 is 0 Å². The van der Waals surface area contributed by atoms with Gasteiger partial charge in [0.25, 0.3) is 0 Å². The van der Waals surface area contributed by atoms with Gasteiger partial charge in [-0.2, -0.15) is 0 Å². The van der Waals surface area contributed by atoms with E-state index in [2.05, 4.69) is 30.7 Å². The summed E-state index contributed by atoms with van der Waals surface area (Å²) in [6.07, 6.45) is 6.16. The van der Waals surface area contributed by atoms with Crippen LogP contribution in [0, 0.1) is 6.92 Å². The van der Waals surface area contributed by atoms with Crippen LogP contribution in [-0.4, -0.2) is 23.9 Å². The van der Waals surface area contributed by atoms with Crippen LogP contribution in [0.15, 0.2) is 12.3 Å². The molecule has 3 nitrogen and oxygen atoms in total. The number of nitrogens with zero attached hydrogens (tertiary/aromatic N) is 2. The van der Waals surface area contributed by atoms with Crippen LogP contribution in [0.1, 0.15) is 56.0 Å². The number of aldehydes is 1. The normalized spacial score (nSPS) is 10.7. The van der Waals surface area contributed by atoms with Gasteiger partial charge >= 0.3 is 0 Å². The predicted octanol–water partition coefficient (Wildman–Crippen LogP) is 3.61. The molecule has 18 heavy (non-hydrogen) atoms. The highest BCUT2D eigenvalue weighted by molar-refractivity contribution is 5.75. The van der Waals surface area contributed by atoms with Crippen molar-refractivity contribution in [2.24, 2.45) is 0 Å². The Bertz CT molecular complexity index is 388. The van der Waals surface area contributed by atoms with Gasteiger partial charge in [0.15, 0.2) is 6.29 Å². The fourth-order valence-electron chi connectivity index (χ4n) is 2.10. The van der Waals surface area contributed by atoms with E-state index in [1.807, 2.05) is 13.0 Å². The van der Waals surface area contributed by atoms with E-state index in [1.165, 1.54) is 19.3 Å². The highest BCUT2D eigenvalue weighted by atomic mass is 16.1. The number of aryl methyl sites for hydroxylation is 1. The smallest absolute Gasteiger partial charge is 0.151 e. The number of pyridine rings is 1. The van der Waals surface area contributed by atoms with Crippen LogP contribution < -0.4 is 4.90 Å². The molecule has 0 aliphatic carbocycles. The largest absolute Gasteiger partial charge is 0.354 e. The summed E-state index contributed by atoms with van der Waals surface area (Å²) in [5.74, 6) is 1.01. The van der Waals surface area contributed by atoms with Crippen LogP contribution in [-0.2, 0) is 0 Å². The molecule has 0 N–H and O–H groups in total. The van der Waals surface area contributed by atoms with Crippen molar-refractivity contribution in [1.82, 2.24) is 4.98 Å². The summed E-state index contributed by atoms with van der Waals surface area (Å²) < 4.78 is 0. The molecule has 1 aromatic rings. The zero-order chi connectivity index (χ0) is 13.5. The summed E-state index contributed by atoms with van der Waals surface area (Å²) in [6.45, 7) is 9.62. The van der Waals surface area contributed by atoms with Crippen molar-refractivity contribution in [1.29, 1.82) is 0 Å². The molecule has 0 aliphatic heterocycles. The molecule has 1 heterocycles. The molecule has 0 radical (unpaired) electrons. The fourth-order valence-corrected chi connectivity index (χ4v) is 2.10. The minimum Gasteiger partial charge on any atom is -0.354 e. The summed E-state index contributed by atoms with van der Waals surface area (Å²) in [6, 6.07) is 2.33. The Labute approximate surface area is 110 Å². The van der Waals surface area contributed by atoms with Crippen molar-refractivity contribution in [3.63, 3.8) is 0 Å². The SMILES string of the molecule is CCCCCN(c1ncc(C=O)cc1C)C(C)C. The van der Waals surface area contributed by atoms with Crippen molar-refractivity contribution < 1.29 is 4.79 Å². The molecular formula is C15H24N2O. The van der Waals surface area contributed by atoms with E-state index >= 15 is 0 Å². The van der Waals surface area contributed by atoms with Crippen molar-refractivity contribution in [2.75, 3.05) is 11.4 Å². The molecule has 0 saturated carbocycles. The molecule has 0 atom stereocenters. The maximum absolute atomic E-state index is 10.7. The molecule has 0 fully saturated rings. The minimum absolute atomic E-state index is 0.426. The standard InChI is InChI=1S/C15H24N2O/c1-5-6-7-8-17(12(2)3)15-13(4)9-14(11-18)10-16-15/h9-12H,5-8H2,1-4H3. The third-order valence-corrected chi connectivity index (χ3v) is 3.11. The molecule has 0 amide bonds. The highest BCUT2D eigenvalue weighted by Gasteiger charge is 2.14. The Hall–Kier alpha value is -1.38. The van der Waals surface area contributed by atoms with E-state index in [-0.39, 0.29) is 0 Å². The van der Waals surface area contributed by atoms with Crippen molar-refractivity contribution in [2.45, 2.75) is 53.0 Å². The van der Waals surface area contributed by atoms with Crippen LogP contribution in [0.25, 0.3) is 0 Å². The van der Waals surface area contributed by atoms with Crippen LogP contribution in [0.2, 0.25) is 0 Å². The summed E-state index contributed by atoms with van der Waals surface area (Å²) in [7, 11) is 0. The second-order valence-corrected chi connectivity index (χ2v) is 5.02. The lowest BCUT2D eigenvalue weighted by Crippen LogP contribution is -2.33.